The van der Waals surface area contributed by atoms with E-state index in [0.29, 0.717) is 5.02 Å². The first kappa shape index (κ1) is 8.78. The Balaban J connectivity index is 2.18. The Bertz CT molecular complexity index is 287. The molecule has 1 aliphatic rings. The molecular formula is C9H10ClN2O. The van der Waals surface area contributed by atoms with Crippen molar-refractivity contribution < 1.29 is 4.74 Å². The molecule has 1 aliphatic heterocycles. The lowest BCUT2D eigenvalue weighted by Crippen LogP contribution is -2.36. The first-order chi connectivity index (χ1) is 6.38. The fraction of sp³-hybridized carbons (Fsp3) is 0.444. The minimum atomic E-state index is 0.587. The zero-order valence-corrected chi connectivity index (χ0v) is 7.92. The second kappa shape index (κ2) is 3.94. The largest absolute Gasteiger partial charge is 0.378 e. The van der Waals surface area contributed by atoms with E-state index in [2.05, 4.69) is 16.0 Å². The highest BCUT2D eigenvalue weighted by Crippen LogP contribution is 2.22. The van der Waals surface area contributed by atoms with Gasteiger partial charge in [-0.1, -0.05) is 11.6 Å². The van der Waals surface area contributed by atoms with Crippen molar-refractivity contribution in [1.82, 2.24) is 4.98 Å². The van der Waals surface area contributed by atoms with Crippen LogP contribution in [0.1, 0.15) is 0 Å². The van der Waals surface area contributed by atoms with E-state index in [4.69, 9.17) is 16.3 Å². The number of hydrogen-bond acceptors (Lipinski definition) is 3. The van der Waals surface area contributed by atoms with Gasteiger partial charge in [0.15, 0.2) is 0 Å². The van der Waals surface area contributed by atoms with Gasteiger partial charge in [-0.3, -0.25) is 0 Å². The normalized spacial score (nSPS) is 17.5. The molecule has 2 rings (SSSR count). The van der Waals surface area contributed by atoms with E-state index < -0.39 is 0 Å². The number of ether oxygens (including phenoxy) is 1. The molecule has 13 heavy (non-hydrogen) atoms. The Morgan fingerprint density at radius 3 is 2.92 bits per heavy atom. The van der Waals surface area contributed by atoms with Crippen molar-refractivity contribution >= 4 is 17.4 Å². The highest BCUT2D eigenvalue weighted by atomic mass is 35.5. The first-order valence-corrected chi connectivity index (χ1v) is 4.60. The molecule has 0 spiro atoms. The van der Waals surface area contributed by atoms with Crippen molar-refractivity contribution in [2.24, 2.45) is 0 Å². The molecule has 1 saturated heterocycles. The van der Waals surface area contributed by atoms with Gasteiger partial charge in [0, 0.05) is 25.4 Å². The monoisotopic (exact) mass is 197 g/mol. The van der Waals surface area contributed by atoms with Gasteiger partial charge in [0.2, 0.25) is 0 Å². The highest BCUT2D eigenvalue weighted by Gasteiger charge is 2.14. The Hall–Kier alpha value is -0.800. The molecule has 0 saturated carbocycles. The van der Waals surface area contributed by atoms with Gasteiger partial charge in [-0.15, -0.1) is 0 Å². The van der Waals surface area contributed by atoms with Gasteiger partial charge >= 0.3 is 0 Å². The summed E-state index contributed by atoms with van der Waals surface area (Å²) in [5, 5.41) is 0.587. The van der Waals surface area contributed by atoms with E-state index in [1.165, 1.54) is 0 Å². The molecular weight excluding hydrogens is 188 g/mol. The zero-order valence-electron chi connectivity index (χ0n) is 7.16. The van der Waals surface area contributed by atoms with Gasteiger partial charge in [0.05, 0.1) is 18.2 Å². The third-order valence-corrected chi connectivity index (χ3v) is 2.27. The van der Waals surface area contributed by atoms with E-state index in [9.17, 15) is 0 Å². The number of morpholine rings is 1. The minimum Gasteiger partial charge on any atom is -0.378 e. The number of halogens is 1. The molecule has 0 atom stereocenters. The van der Waals surface area contributed by atoms with Gasteiger partial charge in [-0.05, 0) is 6.07 Å². The minimum absolute atomic E-state index is 0.587. The van der Waals surface area contributed by atoms with Crippen LogP contribution in [-0.4, -0.2) is 31.3 Å². The summed E-state index contributed by atoms with van der Waals surface area (Å²) in [6, 6.07) is 4.63. The van der Waals surface area contributed by atoms with E-state index in [1.54, 1.807) is 12.3 Å². The van der Waals surface area contributed by atoms with Crippen molar-refractivity contribution in [1.29, 1.82) is 0 Å². The van der Waals surface area contributed by atoms with Crippen LogP contribution in [0.2, 0.25) is 5.02 Å². The topological polar surface area (TPSA) is 25.4 Å². The van der Waals surface area contributed by atoms with Gasteiger partial charge in [-0.25, -0.2) is 4.98 Å². The predicted octanol–water partition coefficient (Wildman–Crippen LogP) is 1.37. The molecule has 3 nitrogen and oxygen atoms in total. The number of hydrogen-bond donors (Lipinski definition) is 0. The number of nitrogens with zero attached hydrogens (tertiary/aromatic N) is 2. The number of aromatic nitrogens is 1. The second-order valence-electron chi connectivity index (χ2n) is 2.83. The van der Waals surface area contributed by atoms with Crippen molar-refractivity contribution in [3.63, 3.8) is 0 Å². The average Bonchev–Trinajstić information content (AvgIpc) is 2.20. The molecule has 1 fully saturated rings. The lowest BCUT2D eigenvalue weighted by molar-refractivity contribution is 0.122. The maximum atomic E-state index is 5.96. The molecule has 69 valence electrons. The molecule has 1 radical (unpaired) electrons. The van der Waals surface area contributed by atoms with Crippen LogP contribution in [0.25, 0.3) is 0 Å². The molecule has 0 aromatic carbocycles. The summed E-state index contributed by atoms with van der Waals surface area (Å²) in [6.07, 6.45) is 1.71. The SMILES string of the molecule is Clc1[c]ccnc1N1CCOCC1. The smallest absolute Gasteiger partial charge is 0.148 e. The molecule has 0 unspecified atom stereocenters. The maximum absolute atomic E-state index is 5.96. The lowest BCUT2D eigenvalue weighted by atomic mass is 10.4. The quantitative estimate of drug-likeness (QED) is 0.680. The molecule has 1 aromatic rings. The molecule has 0 bridgehead atoms. The highest BCUT2D eigenvalue weighted by molar-refractivity contribution is 6.32. The molecule has 0 N–H and O–H groups in total. The Labute approximate surface area is 82.3 Å². The summed E-state index contributed by atoms with van der Waals surface area (Å²) < 4.78 is 5.24. The fourth-order valence-electron chi connectivity index (χ4n) is 1.34. The first-order valence-electron chi connectivity index (χ1n) is 4.23. The van der Waals surface area contributed by atoms with Gasteiger partial charge < -0.3 is 9.64 Å². The standard InChI is InChI=1S/C9H10ClN2O/c10-8-2-1-3-11-9(8)12-4-6-13-7-5-12/h1,3H,4-7H2. The Kier molecular flexibility index (Phi) is 2.66. The summed E-state index contributed by atoms with van der Waals surface area (Å²) in [4.78, 5) is 6.32. The summed E-state index contributed by atoms with van der Waals surface area (Å²) in [7, 11) is 0. The lowest BCUT2D eigenvalue weighted by Gasteiger charge is -2.28. The van der Waals surface area contributed by atoms with Crippen LogP contribution in [0.15, 0.2) is 12.3 Å². The van der Waals surface area contributed by atoms with Crippen LogP contribution in [0.4, 0.5) is 5.82 Å². The third-order valence-electron chi connectivity index (χ3n) is 1.99. The molecule has 0 aliphatic carbocycles. The van der Waals surface area contributed by atoms with Crippen LogP contribution >= 0.6 is 11.6 Å². The van der Waals surface area contributed by atoms with Gasteiger partial charge in [0.1, 0.15) is 5.82 Å². The van der Waals surface area contributed by atoms with E-state index in [1.807, 2.05) is 0 Å². The van der Waals surface area contributed by atoms with Crippen molar-refractivity contribution in [3.8, 4) is 0 Å². The van der Waals surface area contributed by atoms with E-state index in [0.717, 1.165) is 32.1 Å². The second-order valence-corrected chi connectivity index (χ2v) is 3.20. The fourth-order valence-corrected chi connectivity index (χ4v) is 1.57. The number of anilines is 1. The van der Waals surface area contributed by atoms with Gasteiger partial charge in [0.25, 0.3) is 0 Å². The maximum Gasteiger partial charge on any atom is 0.148 e. The van der Waals surface area contributed by atoms with E-state index in [-0.39, 0.29) is 0 Å². The Morgan fingerprint density at radius 1 is 1.46 bits per heavy atom. The predicted molar refractivity (Wildman–Crippen MR) is 51.1 cm³/mol. The van der Waals surface area contributed by atoms with Crippen LogP contribution in [-0.2, 0) is 4.74 Å². The van der Waals surface area contributed by atoms with Crippen LogP contribution in [0, 0.1) is 6.07 Å². The van der Waals surface area contributed by atoms with Gasteiger partial charge in [-0.2, -0.15) is 0 Å². The van der Waals surface area contributed by atoms with Crippen LogP contribution < -0.4 is 4.90 Å². The molecule has 0 amide bonds. The zero-order chi connectivity index (χ0) is 9.10. The molecule has 4 heteroatoms. The summed E-state index contributed by atoms with van der Waals surface area (Å²) in [5.74, 6) is 0.812. The summed E-state index contributed by atoms with van der Waals surface area (Å²) in [6.45, 7) is 3.19. The summed E-state index contributed by atoms with van der Waals surface area (Å²) >= 11 is 5.96. The summed E-state index contributed by atoms with van der Waals surface area (Å²) in [5.41, 5.74) is 0. The molecule has 2 heterocycles. The molecule has 1 aromatic heterocycles. The third kappa shape index (κ3) is 1.92. The van der Waals surface area contributed by atoms with Crippen molar-refractivity contribution in [3.05, 3.63) is 23.4 Å². The van der Waals surface area contributed by atoms with Crippen molar-refractivity contribution in [2.45, 2.75) is 0 Å². The average molecular weight is 198 g/mol. The van der Waals surface area contributed by atoms with Crippen LogP contribution in [0.3, 0.4) is 0 Å². The number of rotatable bonds is 1. The Morgan fingerprint density at radius 2 is 2.23 bits per heavy atom. The van der Waals surface area contributed by atoms with E-state index >= 15 is 0 Å². The van der Waals surface area contributed by atoms with Crippen molar-refractivity contribution in [2.75, 3.05) is 31.2 Å². The number of pyridine rings is 1. The van der Waals surface area contributed by atoms with Crippen LogP contribution in [0.5, 0.6) is 0 Å².